The maximum atomic E-state index is 12.3. The first-order valence-electron chi connectivity index (χ1n) is 6.73. The average molecular weight is 300 g/mol. The number of non-ortho nitro benzene ring substituents is 1. The molecule has 2 aromatic rings. The van der Waals surface area contributed by atoms with Crippen LogP contribution in [0.5, 0.6) is 0 Å². The number of Topliss-reactive ketones (excluding diaryl/α,β-unsaturated/α-hetero) is 1. The van der Waals surface area contributed by atoms with Gasteiger partial charge in [-0.25, -0.2) is 0 Å². The fraction of sp³-hybridized carbons (Fsp3) is 0.188. The van der Waals surface area contributed by atoms with Gasteiger partial charge >= 0.3 is 0 Å². The van der Waals surface area contributed by atoms with Gasteiger partial charge in [0.2, 0.25) is 0 Å². The van der Waals surface area contributed by atoms with Crippen LogP contribution in [0, 0.1) is 10.1 Å². The van der Waals surface area contributed by atoms with Crippen LogP contribution in [-0.4, -0.2) is 17.8 Å². The zero-order valence-corrected chi connectivity index (χ0v) is 12.1. The van der Waals surface area contributed by atoms with Crippen LogP contribution in [0.3, 0.4) is 0 Å². The molecule has 2 aromatic carbocycles. The van der Waals surface area contributed by atoms with Gasteiger partial charge in [-0.3, -0.25) is 14.9 Å². The first kappa shape index (κ1) is 15.8. The highest BCUT2D eigenvalue weighted by Gasteiger charge is 2.18. The zero-order valence-electron chi connectivity index (χ0n) is 12.1. The van der Waals surface area contributed by atoms with Crippen LogP contribution in [0.25, 0.3) is 0 Å². The number of hydrogen-bond donors (Lipinski definition) is 1. The molecule has 0 aromatic heterocycles. The molecule has 0 unspecified atom stereocenters. The van der Waals surface area contributed by atoms with Crippen LogP contribution >= 0.6 is 0 Å². The van der Waals surface area contributed by atoms with Crippen LogP contribution in [0.2, 0.25) is 0 Å². The molecule has 0 aliphatic carbocycles. The summed E-state index contributed by atoms with van der Waals surface area (Å²) < 4.78 is 0. The topological polar surface area (TPSA) is 81.5 Å². The Hall–Kier alpha value is -2.57. The van der Waals surface area contributed by atoms with Crippen LogP contribution in [-0.2, 0) is 4.84 Å². The van der Waals surface area contributed by atoms with Crippen molar-refractivity contribution < 1.29 is 14.6 Å². The van der Waals surface area contributed by atoms with E-state index in [9.17, 15) is 14.9 Å². The van der Waals surface area contributed by atoms with E-state index in [1.165, 1.54) is 19.2 Å². The Morgan fingerprint density at radius 1 is 1.18 bits per heavy atom. The van der Waals surface area contributed by atoms with E-state index in [1.54, 1.807) is 36.4 Å². The number of nitro groups is 1. The SMILES string of the molecule is CON[C@@H](CC(=O)c1ccccc1)c1ccc([N+](=O)[O-])cc1. The number of carbonyl (C=O) groups excluding carboxylic acids is 1. The maximum absolute atomic E-state index is 12.3. The lowest BCUT2D eigenvalue weighted by atomic mass is 9.98. The summed E-state index contributed by atoms with van der Waals surface area (Å²) in [5.41, 5.74) is 4.13. The number of nitro benzene ring substituents is 1. The lowest BCUT2D eigenvalue weighted by Gasteiger charge is -2.17. The summed E-state index contributed by atoms with van der Waals surface area (Å²) in [7, 11) is 1.46. The first-order valence-corrected chi connectivity index (χ1v) is 6.73. The average Bonchev–Trinajstić information content (AvgIpc) is 2.55. The van der Waals surface area contributed by atoms with Crippen molar-refractivity contribution in [3.05, 3.63) is 75.8 Å². The highest BCUT2D eigenvalue weighted by atomic mass is 16.6. The summed E-state index contributed by atoms with van der Waals surface area (Å²) in [6, 6.07) is 14.6. The van der Waals surface area contributed by atoms with E-state index in [2.05, 4.69) is 5.48 Å². The quantitative estimate of drug-likeness (QED) is 0.483. The van der Waals surface area contributed by atoms with Crippen molar-refractivity contribution in [2.24, 2.45) is 0 Å². The molecule has 0 saturated carbocycles. The first-order chi connectivity index (χ1) is 10.6. The van der Waals surface area contributed by atoms with Crippen molar-refractivity contribution in [3.63, 3.8) is 0 Å². The number of rotatable bonds is 7. The number of hydrogen-bond acceptors (Lipinski definition) is 5. The Morgan fingerprint density at radius 2 is 1.82 bits per heavy atom. The Balaban J connectivity index is 2.15. The molecule has 0 amide bonds. The third-order valence-electron chi connectivity index (χ3n) is 3.25. The molecule has 0 aliphatic heterocycles. The smallest absolute Gasteiger partial charge is 0.269 e. The van der Waals surface area contributed by atoms with Crippen LogP contribution < -0.4 is 5.48 Å². The molecule has 2 rings (SSSR count). The molecular formula is C16H16N2O4. The molecule has 0 spiro atoms. The van der Waals surface area contributed by atoms with Gasteiger partial charge in [-0.15, -0.1) is 0 Å². The minimum Gasteiger partial charge on any atom is -0.305 e. The Bertz CT molecular complexity index is 641. The van der Waals surface area contributed by atoms with Gasteiger partial charge in [0, 0.05) is 24.1 Å². The standard InChI is InChI=1S/C16H16N2O4/c1-22-17-15(11-16(19)13-5-3-2-4-6-13)12-7-9-14(10-8-12)18(20)21/h2-10,15,17H,11H2,1H3/t15-/m0/s1. The van der Waals surface area contributed by atoms with Crippen molar-refractivity contribution in [2.45, 2.75) is 12.5 Å². The predicted molar refractivity (Wildman–Crippen MR) is 81.4 cm³/mol. The Labute approximate surface area is 127 Å². The van der Waals surface area contributed by atoms with Gasteiger partial charge < -0.3 is 4.84 Å². The molecule has 1 atom stereocenters. The Kier molecular flexibility index (Phi) is 5.35. The molecular weight excluding hydrogens is 284 g/mol. The van der Waals surface area contributed by atoms with Gasteiger partial charge in [-0.2, -0.15) is 5.48 Å². The van der Waals surface area contributed by atoms with Gasteiger partial charge in [-0.1, -0.05) is 42.5 Å². The zero-order chi connectivity index (χ0) is 15.9. The van der Waals surface area contributed by atoms with Crippen molar-refractivity contribution in [1.29, 1.82) is 0 Å². The molecule has 22 heavy (non-hydrogen) atoms. The van der Waals surface area contributed by atoms with Crippen molar-refractivity contribution >= 4 is 11.5 Å². The van der Waals surface area contributed by atoms with E-state index >= 15 is 0 Å². The van der Waals surface area contributed by atoms with E-state index in [-0.39, 0.29) is 23.9 Å². The molecule has 114 valence electrons. The third-order valence-corrected chi connectivity index (χ3v) is 3.25. The number of nitrogens with zero attached hydrogens (tertiary/aromatic N) is 1. The van der Waals surface area contributed by atoms with Crippen molar-refractivity contribution in [1.82, 2.24) is 5.48 Å². The molecule has 0 fully saturated rings. The second kappa shape index (κ2) is 7.44. The highest BCUT2D eigenvalue weighted by molar-refractivity contribution is 5.96. The van der Waals surface area contributed by atoms with Gasteiger partial charge in [0.25, 0.3) is 5.69 Å². The number of carbonyl (C=O) groups is 1. The second-order valence-electron chi connectivity index (χ2n) is 4.72. The largest absolute Gasteiger partial charge is 0.305 e. The molecule has 6 nitrogen and oxygen atoms in total. The number of nitrogens with one attached hydrogen (secondary N) is 1. The lowest BCUT2D eigenvalue weighted by molar-refractivity contribution is -0.384. The summed E-state index contributed by atoms with van der Waals surface area (Å²) in [5, 5.41) is 10.7. The van der Waals surface area contributed by atoms with E-state index in [1.807, 2.05) is 6.07 Å². The molecule has 0 saturated heterocycles. The van der Waals surface area contributed by atoms with Gasteiger partial charge in [0.15, 0.2) is 5.78 Å². The molecule has 0 heterocycles. The van der Waals surface area contributed by atoms with Gasteiger partial charge in [-0.05, 0) is 5.56 Å². The predicted octanol–water partition coefficient (Wildman–Crippen LogP) is 3.06. The van der Waals surface area contributed by atoms with E-state index < -0.39 is 4.92 Å². The lowest BCUT2D eigenvalue weighted by Crippen LogP contribution is -2.23. The Morgan fingerprint density at radius 3 is 2.36 bits per heavy atom. The summed E-state index contributed by atoms with van der Waals surface area (Å²) in [6.07, 6.45) is 0.190. The van der Waals surface area contributed by atoms with Crippen molar-refractivity contribution in [3.8, 4) is 0 Å². The number of benzene rings is 2. The van der Waals surface area contributed by atoms with Crippen LogP contribution in [0.15, 0.2) is 54.6 Å². The number of hydroxylamine groups is 1. The fourth-order valence-corrected chi connectivity index (χ4v) is 2.13. The monoisotopic (exact) mass is 300 g/mol. The fourth-order valence-electron chi connectivity index (χ4n) is 2.13. The van der Waals surface area contributed by atoms with E-state index in [4.69, 9.17) is 4.84 Å². The summed E-state index contributed by atoms with van der Waals surface area (Å²) in [5.74, 6) is -0.0338. The highest BCUT2D eigenvalue weighted by Crippen LogP contribution is 2.22. The number of ketones is 1. The molecule has 6 heteroatoms. The normalized spacial score (nSPS) is 11.9. The minimum atomic E-state index is -0.461. The summed E-state index contributed by atoms with van der Waals surface area (Å²) in [4.78, 5) is 27.4. The molecule has 0 radical (unpaired) electrons. The van der Waals surface area contributed by atoms with Crippen molar-refractivity contribution in [2.75, 3.05) is 7.11 Å². The maximum Gasteiger partial charge on any atom is 0.269 e. The summed E-state index contributed by atoms with van der Waals surface area (Å²) >= 11 is 0. The molecule has 1 N–H and O–H groups in total. The van der Waals surface area contributed by atoms with Crippen LogP contribution in [0.4, 0.5) is 5.69 Å². The van der Waals surface area contributed by atoms with Gasteiger partial charge in [0.05, 0.1) is 18.1 Å². The molecule has 0 aliphatic rings. The van der Waals surface area contributed by atoms with E-state index in [0.29, 0.717) is 5.56 Å². The summed E-state index contributed by atoms with van der Waals surface area (Å²) in [6.45, 7) is 0. The van der Waals surface area contributed by atoms with Gasteiger partial charge in [0.1, 0.15) is 0 Å². The van der Waals surface area contributed by atoms with E-state index in [0.717, 1.165) is 5.56 Å². The minimum absolute atomic E-state index is 0.00861. The molecule has 0 bridgehead atoms. The second-order valence-corrected chi connectivity index (χ2v) is 4.72. The third kappa shape index (κ3) is 3.97. The van der Waals surface area contributed by atoms with Crippen LogP contribution in [0.1, 0.15) is 28.4 Å².